The predicted octanol–water partition coefficient (Wildman–Crippen LogP) is 2.54. The molecule has 1 atom stereocenters. The zero-order chi connectivity index (χ0) is 21.1. The van der Waals surface area contributed by atoms with E-state index in [4.69, 9.17) is 0 Å². The smallest absolute Gasteiger partial charge is 0.324 e. The van der Waals surface area contributed by atoms with Crippen LogP contribution in [0.4, 0.5) is 19.0 Å². The molecule has 154 valence electrons. The van der Waals surface area contributed by atoms with Crippen LogP contribution in [0.1, 0.15) is 45.6 Å². The largest absolute Gasteiger partial charge is 0.417 e. The molecule has 0 aromatic carbocycles. The normalized spacial score (nSPS) is 17.4. The molecule has 7 nitrogen and oxygen atoms in total. The van der Waals surface area contributed by atoms with E-state index in [1.807, 2.05) is 0 Å². The van der Waals surface area contributed by atoms with Gasteiger partial charge in [-0.2, -0.15) is 13.2 Å². The van der Waals surface area contributed by atoms with Crippen molar-refractivity contribution < 1.29 is 27.6 Å². The van der Waals surface area contributed by atoms with Crippen molar-refractivity contribution in [3.8, 4) is 0 Å². The van der Waals surface area contributed by atoms with E-state index in [0.717, 1.165) is 12.1 Å². The molecule has 28 heavy (non-hydrogen) atoms. The lowest BCUT2D eigenvalue weighted by molar-refractivity contribution is -0.151. The SMILES string of the molecule is CCC(C)(C)C(=O)C(=O)N1CCCC1C(=O)NNc1ccc(C(F)(F)F)cn1. The number of carbonyl (C=O) groups is 3. The Morgan fingerprint density at radius 1 is 1.25 bits per heavy atom. The first kappa shape index (κ1) is 21.6. The lowest BCUT2D eigenvalue weighted by Crippen LogP contribution is -2.51. The lowest BCUT2D eigenvalue weighted by Gasteiger charge is -2.27. The van der Waals surface area contributed by atoms with Crippen molar-refractivity contribution in [1.29, 1.82) is 0 Å². The number of anilines is 1. The van der Waals surface area contributed by atoms with Crippen molar-refractivity contribution in [2.75, 3.05) is 12.0 Å². The standard InChI is InChI=1S/C18H23F3N4O3/c1-4-17(2,3)14(26)16(28)25-9-5-6-12(25)15(27)24-23-13-8-7-11(10-22-13)18(19,20)21/h7-8,10,12H,4-6,9H2,1-3H3,(H,22,23)(H,24,27). The topological polar surface area (TPSA) is 91.4 Å². The Hall–Kier alpha value is -2.65. The molecule has 0 radical (unpaired) electrons. The Kier molecular flexibility index (Phi) is 6.30. The average Bonchev–Trinajstić information content (AvgIpc) is 3.14. The Bertz CT molecular complexity index is 747. The molecule has 1 aromatic heterocycles. The fourth-order valence-electron chi connectivity index (χ4n) is 2.71. The summed E-state index contributed by atoms with van der Waals surface area (Å²) in [6.07, 6.45) is -2.41. The van der Waals surface area contributed by atoms with Crippen LogP contribution in [0.5, 0.6) is 0 Å². The number of hydrogen-bond acceptors (Lipinski definition) is 5. The Morgan fingerprint density at radius 2 is 1.93 bits per heavy atom. The number of hydrazine groups is 1. The molecule has 2 N–H and O–H groups in total. The van der Waals surface area contributed by atoms with Gasteiger partial charge in [-0.1, -0.05) is 20.8 Å². The molecule has 0 aliphatic carbocycles. The van der Waals surface area contributed by atoms with Gasteiger partial charge in [0.15, 0.2) is 0 Å². The number of pyridine rings is 1. The summed E-state index contributed by atoms with van der Waals surface area (Å²) in [5.41, 5.74) is 3.04. The second kappa shape index (κ2) is 8.15. The van der Waals surface area contributed by atoms with Gasteiger partial charge >= 0.3 is 6.18 Å². The van der Waals surface area contributed by atoms with E-state index in [0.29, 0.717) is 32.0 Å². The summed E-state index contributed by atoms with van der Waals surface area (Å²) in [5.74, 6) is -1.79. The van der Waals surface area contributed by atoms with E-state index in [9.17, 15) is 27.6 Å². The maximum absolute atomic E-state index is 12.5. The van der Waals surface area contributed by atoms with Gasteiger partial charge in [0.25, 0.3) is 11.8 Å². The van der Waals surface area contributed by atoms with E-state index in [-0.39, 0.29) is 5.82 Å². The Balaban J connectivity index is 1.99. The first-order valence-electron chi connectivity index (χ1n) is 8.92. The first-order chi connectivity index (χ1) is 13.0. The highest BCUT2D eigenvalue weighted by atomic mass is 19.4. The maximum Gasteiger partial charge on any atom is 0.417 e. The number of rotatable bonds is 6. The number of likely N-dealkylation sites (tertiary alicyclic amines) is 1. The van der Waals surface area contributed by atoms with Gasteiger partial charge in [-0.25, -0.2) is 4.98 Å². The number of aromatic nitrogens is 1. The molecule has 2 heterocycles. The van der Waals surface area contributed by atoms with Gasteiger partial charge in [-0.05, 0) is 31.4 Å². The number of hydrogen-bond donors (Lipinski definition) is 2. The number of amides is 2. The molecule has 1 saturated heterocycles. The number of ketones is 1. The van der Waals surface area contributed by atoms with E-state index in [1.54, 1.807) is 20.8 Å². The third-order valence-electron chi connectivity index (χ3n) is 4.91. The van der Waals surface area contributed by atoms with Crippen molar-refractivity contribution in [2.45, 2.75) is 52.3 Å². The van der Waals surface area contributed by atoms with Gasteiger partial charge in [0, 0.05) is 18.2 Å². The van der Waals surface area contributed by atoms with Crippen LogP contribution in [0.3, 0.4) is 0 Å². The summed E-state index contributed by atoms with van der Waals surface area (Å²) in [6, 6.07) is 1.08. The zero-order valence-electron chi connectivity index (χ0n) is 15.9. The molecule has 2 amide bonds. The van der Waals surface area contributed by atoms with Crippen LogP contribution in [-0.2, 0) is 20.6 Å². The van der Waals surface area contributed by atoms with Crippen LogP contribution in [0.2, 0.25) is 0 Å². The van der Waals surface area contributed by atoms with Crippen LogP contribution in [0, 0.1) is 5.41 Å². The van der Waals surface area contributed by atoms with Crippen molar-refractivity contribution in [3.63, 3.8) is 0 Å². The summed E-state index contributed by atoms with van der Waals surface area (Å²) in [5, 5.41) is 0. The number of alkyl halides is 3. The highest BCUT2D eigenvalue weighted by Gasteiger charge is 2.41. The average molecular weight is 400 g/mol. The molecule has 1 fully saturated rings. The molecule has 0 bridgehead atoms. The Labute approximate surface area is 160 Å². The van der Waals surface area contributed by atoms with Gasteiger partial charge < -0.3 is 4.90 Å². The number of carbonyl (C=O) groups excluding carboxylic acids is 3. The number of Topliss-reactive ketones (excluding diaryl/α,β-unsaturated/α-hetero) is 1. The van der Waals surface area contributed by atoms with Gasteiger partial charge in [-0.3, -0.25) is 25.2 Å². The third-order valence-corrected chi connectivity index (χ3v) is 4.91. The molecule has 1 unspecified atom stereocenters. The summed E-state index contributed by atoms with van der Waals surface area (Å²) in [7, 11) is 0. The minimum atomic E-state index is -4.50. The molecule has 1 aromatic rings. The summed E-state index contributed by atoms with van der Waals surface area (Å²) in [6.45, 7) is 5.45. The molecule has 1 aliphatic heterocycles. The summed E-state index contributed by atoms with van der Waals surface area (Å²) < 4.78 is 37.6. The van der Waals surface area contributed by atoms with Crippen LogP contribution in [0.25, 0.3) is 0 Å². The van der Waals surface area contributed by atoms with Crippen molar-refractivity contribution in [3.05, 3.63) is 23.9 Å². The van der Waals surface area contributed by atoms with Crippen molar-refractivity contribution in [1.82, 2.24) is 15.3 Å². The minimum absolute atomic E-state index is 0.0143. The van der Waals surface area contributed by atoms with Crippen LogP contribution in [-0.4, -0.2) is 40.1 Å². The highest BCUT2D eigenvalue weighted by Crippen LogP contribution is 2.29. The fraction of sp³-hybridized carbons (Fsp3) is 0.556. The summed E-state index contributed by atoms with van der Waals surface area (Å²) in [4.78, 5) is 42.2. The van der Waals surface area contributed by atoms with Crippen LogP contribution < -0.4 is 10.9 Å². The highest BCUT2D eigenvalue weighted by molar-refractivity contribution is 6.38. The summed E-state index contributed by atoms with van der Waals surface area (Å²) >= 11 is 0. The number of nitrogens with one attached hydrogen (secondary N) is 2. The molecule has 0 saturated carbocycles. The van der Waals surface area contributed by atoms with Gasteiger partial charge in [0.1, 0.15) is 11.9 Å². The van der Waals surface area contributed by atoms with E-state index >= 15 is 0 Å². The third kappa shape index (κ3) is 4.79. The first-order valence-corrected chi connectivity index (χ1v) is 8.92. The molecular weight excluding hydrogens is 377 g/mol. The molecular formula is C18H23F3N4O3. The monoisotopic (exact) mass is 400 g/mol. The molecule has 10 heteroatoms. The van der Waals surface area contributed by atoms with E-state index in [2.05, 4.69) is 15.8 Å². The Morgan fingerprint density at radius 3 is 2.46 bits per heavy atom. The quantitative estimate of drug-likeness (QED) is 0.566. The van der Waals surface area contributed by atoms with E-state index in [1.165, 1.54) is 4.90 Å². The number of halogens is 3. The molecule has 0 spiro atoms. The minimum Gasteiger partial charge on any atom is -0.324 e. The fourth-order valence-corrected chi connectivity index (χ4v) is 2.71. The predicted molar refractivity (Wildman–Crippen MR) is 94.8 cm³/mol. The lowest BCUT2D eigenvalue weighted by atomic mass is 9.84. The second-order valence-corrected chi connectivity index (χ2v) is 7.27. The van der Waals surface area contributed by atoms with Crippen LogP contribution >= 0.6 is 0 Å². The van der Waals surface area contributed by atoms with E-state index < -0.39 is 40.8 Å². The van der Waals surface area contributed by atoms with Crippen LogP contribution in [0.15, 0.2) is 18.3 Å². The van der Waals surface area contributed by atoms with Crippen molar-refractivity contribution in [2.24, 2.45) is 5.41 Å². The second-order valence-electron chi connectivity index (χ2n) is 7.27. The van der Waals surface area contributed by atoms with Gasteiger partial charge in [0.2, 0.25) is 5.78 Å². The number of nitrogens with zero attached hydrogens (tertiary/aromatic N) is 2. The van der Waals surface area contributed by atoms with Gasteiger partial charge in [0.05, 0.1) is 5.56 Å². The van der Waals surface area contributed by atoms with Crippen molar-refractivity contribution >= 4 is 23.4 Å². The molecule has 2 rings (SSSR count). The maximum atomic E-state index is 12.5. The molecule has 1 aliphatic rings. The zero-order valence-corrected chi connectivity index (χ0v) is 15.9. The van der Waals surface area contributed by atoms with Gasteiger partial charge in [-0.15, -0.1) is 0 Å².